The van der Waals surface area contributed by atoms with E-state index in [0.29, 0.717) is 24.4 Å². The van der Waals surface area contributed by atoms with Crippen molar-refractivity contribution in [2.45, 2.75) is 46.5 Å². The number of anilines is 1. The third-order valence-corrected chi connectivity index (χ3v) is 7.68. The minimum Gasteiger partial charge on any atom is -0.454 e. The first-order valence-electron chi connectivity index (χ1n) is 13.3. The van der Waals surface area contributed by atoms with Gasteiger partial charge >= 0.3 is 5.97 Å². The summed E-state index contributed by atoms with van der Waals surface area (Å²) in [4.78, 5) is 51.5. The van der Waals surface area contributed by atoms with E-state index in [1.165, 1.54) is 5.56 Å². The zero-order chi connectivity index (χ0) is 27.7. The number of ether oxygens (including phenoxy) is 1. The molecule has 2 heterocycles. The molecule has 5 rings (SSSR count). The molecule has 3 amide bonds. The van der Waals surface area contributed by atoms with Crippen molar-refractivity contribution in [2.24, 2.45) is 11.8 Å². The summed E-state index contributed by atoms with van der Waals surface area (Å²) >= 11 is 0. The number of esters is 1. The number of hydrogen-bond acceptors (Lipinski definition) is 6. The van der Waals surface area contributed by atoms with E-state index < -0.39 is 25.0 Å². The summed E-state index contributed by atoms with van der Waals surface area (Å²) in [6.07, 6.45) is 3.15. The van der Waals surface area contributed by atoms with E-state index >= 15 is 0 Å². The summed E-state index contributed by atoms with van der Waals surface area (Å²) in [5.41, 5.74) is 5.79. The number of amides is 3. The number of aryl methyl sites for hydroxylation is 3. The van der Waals surface area contributed by atoms with Crippen molar-refractivity contribution < 1.29 is 23.9 Å². The van der Waals surface area contributed by atoms with Gasteiger partial charge in [-0.1, -0.05) is 37.1 Å². The molecule has 0 unspecified atom stereocenters. The first kappa shape index (κ1) is 26.3. The summed E-state index contributed by atoms with van der Waals surface area (Å²) in [6, 6.07) is 15.4. The lowest BCUT2D eigenvalue weighted by molar-refractivity contribution is -0.154. The van der Waals surface area contributed by atoms with Gasteiger partial charge in [0.1, 0.15) is 12.4 Å². The molecule has 9 heteroatoms. The Hall–Kier alpha value is -4.27. The standard InChI is InChI=1S/C30H32N4O5/c1-18-13-20(3)24(14-19(18)2)25-15-26(34(32-25)21-9-5-4-6-10-21)31-27(35)17-39-28(36)16-33-29(37)22-11-7-8-12-23(22)30(33)38/h4-6,9-10,13-15,22-23H,7-8,11-12,16-17H2,1-3H3,(H,31,35)/t22-,23-/m0/s1. The highest BCUT2D eigenvalue weighted by molar-refractivity contribution is 6.07. The molecule has 2 atom stereocenters. The van der Waals surface area contributed by atoms with Crippen LogP contribution in [-0.4, -0.2) is 51.5 Å². The predicted molar refractivity (Wildman–Crippen MR) is 145 cm³/mol. The van der Waals surface area contributed by atoms with Gasteiger partial charge in [-0.05, 0) is 68.5 Å². The second-order valence-electron chi connectivity index (χ2n) is 10.4. The van der Waals surface area contributed by atoms with Crippen LogP contribution >= 0.6 is 0 Å². The summed E-state index contributed by atoms with van der Waals surface area (Å²) < 4.78 is 6.78. The third kappa shape index (κ3) is 5.34. The highest BCUT2D eigenvalue weighted by Gasteiger charge is 2.48. The Kier molecular flexibility index (Phi) is 7.32. The fourth-order valence-electron chi connectivity index (χ4n) is 5.49. The van der Waals surface area contributed by atoms with Crippen LogP contribution in [0.3, 0.4) is 0 Å². The van der Waals surface area contributed by atoms with Gasteiger partial charge in [0.05, 0.1) is 23.2 Å². The molecule has 0 spiro atoms. The van der Waals surface area contributed by atoms with Gasteiger partial charge in [-0.25, -0.2) is 4.68 Å². The first-order valence-corrected chi connectivity index (χ1v) is 13.3. The molecule has 39 heavy (non-hydrogen) atoms. The maximum absolute atomic E-state index is 12.8. The van der Waals surface area contributed by atoms with Crippen molar-refractivity contribution in [2.75, 3.05) is 18.5 Å². The number of nitrogens with zero attached hydrogens (tertiary/aromatic N) is 3. The average molecular weight is 529 g/mol. The van der Waals surface area contributed by atoms with Crippen LogP contribution in [0.4, 0.5) is 5.82 Å². The van der Waals surface area contributed by atoms with Crippen LogP contribution in [0.15, 0.2) is 48.5 Å². The molecule has 2 aromatic carbocycles. The lowest BCUT2D eigenvalue weighted by Crippen LogP contribution is -2.37. The van der Waals surface area contributed by atoms with Crippen molar-refractivity contribution in [3.05, 3.63) is 65.2 Å². The van der Waals surface area contributed by atoms with Crippen molar-refractivity contribution in [1.29, 1.82) is 0 Å². The summed E-state index contributed by atoms with van der Waals surface area (Å²) in [5.74, 6) is -2.24. The topological polar surface area (TPSA) is 111 Å². The quantitative estimate of drug-likeness (QED) is 0.365. The summed E-state index contributed by atoms with van der Waals surface area (Å²) in [6.45, 7) is 5.09. The first-order chi connectivity index (χ1) is 18.7. The number of fused-ring (bicyclic) bond motifs is 1. The van der Waals surface area contributed by atoms with Gasteiger partial charge in [0.15, 0.2) is 6.61 Å². The predicted octanol–water partition coefficient (Wildman–Crippen LogP) is 4.12. The van der Waals surface area contributed by atoms with E-state index in [-0.39, 0.29) is 23.7 Å². The van der Waals surface area contributed by atoms with Gasteiger partial charge in [0.25, 0.3) is 5.91 Å². The minimum absolute atomic E-state index is 0.313. The molecule has 0 radical (unpaired) electrons. The van der Waals surface area contributed by atoms with Crippen molar-refractivity contribution >= 4 is 29.5 Å². The zero-order valence-electron chi connectivity index (χ0n) is 22.4. The van der Waals surface area contributed by atoms with Crippen molar-refractivity contribution in [3.8, 4) is 16.9 Å². The number of hydrogen-bond donors (Lipinski definition) is 1. The van der Waals surface area contributed by atoms with E-state index in [2.05, 4.69) is 24.4 Å². The highest BCUT2D eigenvalue weighted by atomic mass is 16.5. The maximum Gasteiger partial charge on any atom is 0.326 e. The molecule has 2 aliphatic rings. The number of carbonyl (C=O) groups excluding carboxylic acids is 4. The van der Waals surface area contributed by atoms with Gasteiger partial charge in [-0.15, -0.1) is 0 Å². The molecule has 202 valence electrons. The largest absolute Gasteiger partial charge is 0.454 e. The molecule has 2 fully saturated rings. The van der Waals surface area contributed by atoms with Gasteiger partial charge < -0.3 is 10.1 Å². The molecule has 0 bridgehead atoms. The second-order valence-corrected chi connectivity index (χ2v) is 10.4. The number of rotatable bonds is 7. The SMILES string of the molecule is Cc1cc(C)c(-c2cc(NC(=O)COC(=O)CN3C(=O)[C@H]4CCCC[C@@H]4C3=O)n(-c3ccccc3)n2)cc1C. The third-order valence-electron chi connectivity index (χ3n) is 7.68. The number of nitrogens with one attached hydrogen (secondary N) is 1. The fraction of sp³-hybridized carbons (Fsp3) is 0.367. The lowest BCUT2D eigenvalue weighted by Gasteiger charge is -2.19. The van der Waals surface area contributed by atoms with Crippen LogP contribution in [0.25, 0.3) is 16.9 Å². The molecule has 1 aliphatic heterocycles. The fourth-order valence-corrected chi connectivity index (χ4v) is 5.49. The Bertz CT molecular complexity index is 1420. The Morgan fingerprint density at radius 3 is 2.23 bits per heavy atom. The van der Waals surface area contributed by atoms with E-state index in [1.54, 1.807) is 10.7 Å². The summed E-state index contributed by atoms with van der Waals surface area (Å²) in [5, 5.41) is 7.55. The van der Waals surface area contributed by atoms with Gasteiger partial charge in [0, 0.05) is 11.6 Å². The number of benzene rings is 2. The average Bonchev–Trinajstić information content (AvgIpc) is 3.45. The van der Waals surface area contributed by atoms with Crippen LogP contribution in [-0.2, 0) is 23.9 Å². The second kappa shape index (κ2) is 10.8. The van der Waals surface area contributed by atoms with Crippen LogP contribution in [0.1, 0.15) is 42.4 Å². The molecule has 3 aromatic rings. The van der Waals surface area contributed by atoms with E-state index in [4.69, 9.17) is 9.84 Å². The minimum atomic E-state index is -0.798. The molecule has 1 N–H and O–H groups in total. The van der Waals surface area contributed by atoms with Crippen LogP contribution in [0.5, 0.6) is 0 Å². The molecular weight excluding hydrogens is 496 g/mol. The number of likely N-dealkylation sites (tertiary alicyclic amines) is 1. The molecule has 1 aliphatic carbocycles. The van der Waals surface area contributed by atoms with Gasteiger partial charge in [0.2, 0.25) is 11.8 Å². The molecule has 1 aromatic heterocycles. The molecule has 1 saturated carbocycles. The van der Waals surface area contributed by atoms with Gasteiger partial charge in [-0.2, -0.15) is 5.10 Å². The van der Waals surface area contributed by atoms with E-state index in [1.807, 2.05) is 44.2 Å². The number of imide groups is 1. The number of carbonyl (C=O) groups is 4. The lowest BCUT2D eigenvalue weighted by atomic mass is 9.81. The smallest absolute Gasteiger partial charge is 0.326 e. The zero-order valence-corrected chi connectivity index (χ0v) is 22.4. The van der Waals surface area contributed by atoms with E-state index in [9.17, 15) is 19.2 Å². The number of para-hydroxylation sites is 1. The Labute approximate surface area is 227 Å². The van der Waals surface area contributed by atoms with Crippen LogP contribution in [0, 0.1) is 32.6 Å². The van der Waals surface area contributed by atoms with Crippen LogP contribution in [0.2, 0.25) is 0 Å². The van der Waals surface area contributed by atoms with Crippen molar-refractivity contribution in [1.82, 2.24) is 14.7 Å². The number of aromatic nitrogens is 2. The monoisotopic (exact) mass is 528 g/mol. The van der Waals surface area contributed by atoms with Crippen molar-refractivity contribution in [3.63, 3.8) is 0 Å². The highest BCUT2D eigenvalue weighted by Crippen LogP contribution is 2.38. The molecule has 9 nitrogen and oxygen atoms in total. The molecule has 1 saturated heterocycles. The van der Waals surface area contributed by atoms with Gasteiger partial charge in [-0.3, -0.25) is 24.1 Å². The Morgan fingerprint density at radius 1 is 0.923 bits per heavy atom. The normalized spacial score (nSPS) is 18.7. The Balaban J connectivity index is 1.28. The Morgan fingerprint density at radius 2 is 1.56 bits per heavy atom. The maximum atomic E-state index is 12.8. The van der Waals surface area contributed by atoms with Crippen LogP contribution < -0.4 is 5.32 Å². The molecular formula is C30H32N4O5. The summed E-state index contributed by atoms with van der Waals surface area (Å²) in [7, 11) is 0. The van der Waals surface area contributed by atoms with E-state index in [0.717, 1.165) is 40.1 Å².